The first-order valence-corrected chi connectivity index (χ1v) is 10.3. The minimum Gasteiger partial charge on any atom is -0.486 e. The highest BCUT2D eigenvalue weighted by atomic mass is 35.5. The van der Waals surface area contributed by atoms with Crippen LogP contribution in [0.3, 0.4) is 0 Å². The highest BCUT2D eigenvalue weighted by molar-refractivity contribution is 6.31. The van der Waals surface area contributed by atoms with Gasteiger partial charge in [0.15, 0.2) is 23.1 Å². The van der Waals surface area contributed by atoms with Crippen LogP contribution in [-0.4, -0.2) is 20.8 Å². The van der Waals surface area contributed by atoms with Gasteiger partial charge in [-0.25, -0.2) is 8.78 Å². The molecule has 33 heavy (non-hydrogen) atoms. The summed E-state index contributed by atoms with van der Waals surface area (Å²) in [4.78, 5) is 12.8. The number of ether oxygens (including phenoxy) is 1. The minimum absolute atomic E-state index is 0.0201. The number of aromatic nitrogens is 3. The van der Waals surface area contributed by atoms with Crippen molar-refractivity contribution >= 4 is 23.3 Å². The van der Waals surface area contributed by atoms with E-state index in [9.17, 15) is 13.6 Å². The van der Waals surface area contributed by atoms with Crippen molar-refractivity contribution in [2.24, 2.45) is 0 Å². The molecule has 0 saturated carbocycles. The molecule has 0 atom stereocenters. The van der Waals surface area contributed by atoms with Crippen molar-refractivity contribution in [1.29, 1.82) is 0 Å². The molecule has 2 heterocycles. The topological polar surface area (TPSA) is 82.2 Å². The third-order valence-corrected chi connectivity index (χ3v) is 5.34. The van der Waals surface area contributed by atoms with Crippen LogP contribution in [0.1, 0.15) is 33.1 Å². The first kappa shape index (κ1) is 22.5. The van der Waals surface area contributed by atoms with E-state index in [4.69, 9.17) is 20.9 Å². The molecule has 10 heteroatoms. The summed E-state index contributed by atoms with van der Waals surface area (Å²) in [6.07, 6.45) is 0. The van der Waals surface area contributed by atoms with Gasteiger partial charge in [0.1, 0.15) is 18.2 Å². The number of carbonyl (C=O) groups is 1. The second-order valence-corrected chi connectivity index (χ2v) is 7.71. The smallest absolute Gasteiger partial charge is 0.279 e. The molecule has 0 aliphatic heterocycles. The molecular weight excluding hydrogens is 454 g/mol. The van der Waals surface area contributed by atoms with Crippen LogP contribution in [0.15, 0.2) is 53.1 Å². The maximum atomic E-state index is 13.8. The first-order valence-electron chi connectivity index (χ1n) is 9.94. The quantitative estimate of drug-likeness (QED) is 0.394. The zero-order valence-electron chi connectivity index (χ0n) is 17.7. The highest BCUT2D eigenvalue weighted by Crippen LogP contribution is 2.23. The summed E-state index contributed by atoms with van der Waals surface area (Å²) < 4.78 is 39.2. The lowest BCUT2D eigenvalue weighted by atomic mass is 10.2. The maximum Gasteiger partial charge on any atom is 0.279 e. The van der Waals surface area contributed by atoms with Crippen LogP contribution in [0.4, 0.5) is 14.6 Å². The average Bonchev–Trinajstić information content (AvgIpc) is 3.31. The number of nitrogens with one attached hydrogen (secondary N) is 1. The van der Waals surface area contributed by atoms with Crippen molar-refractivity contribution in [3.8, 4) is 5.75 Å². The van der Waals surface area contributed by atoms with Gasteiger partial charge in [0.25, 0.3) is 5.91 Å². The molecule has 1 N–H and O–H groups in total. The molecule has 0 fully saturated rings. The zero-order chi connectivity index (χ0) is 23.5. The Hall–Kier alpha value is -3.72. The van der Waals surface area contributed by atoms with Crippen LogP contribution in [0.2, 0.25) is 5.02 Å². The molecule has 4 aromatic rings. The van der Waals surface area contributed by atoms with E-state index in [1.807, 2.05) is 25.1 Å². The minimum atomic E-state index is -0.852. The molecule has 0 radical (unpaired) electrons. The monoisotopic (exact) mass is 472 g/mol. The van der Waals surface area contributed by atoms with Crippen molar-refractivity contribution in [3.63, 3.8) is 0 Å². The van der Waals surface area contributed by atoms with Gasteiger partial charge in [-0.15, -0.1) is 0 Å². The number of hydrogen-bond donors (Lipinski definition) is 1. The summed E-state index contributed by atoms with van der Waals surface area (Å²) in [6.45, 7) is 3.70. The van der Waals surface area contributed by atoms with Crippen molar-refractivity contribution in [2.45, 2.75) is 27.0 Å². The Kier molecular flexibility index (Phi) is 6.41. The van der Waals surface area contributed by atoms with Crippen LogP contribution < -0.4 is 10.1 Å². The Morgan fingerprint density at radius 1 is 1.18 bits per heavy atom. The lowest BCUT2D eigenvalue weighted by Gasteiger charge is -2.08. The second kappa shape index (κ2) is 9.41. The van der Waals surface area contributed by atoms with E-state index in [1.54, 1.807) is 23.7 Å². The van der Waals surface area contributed by atoms with Gasteiger partial charge in [0.05, 0.1) is 12.1 Å². The number of hydrogen-bond acceptors (Lipinski definition) is 5. The van der Waals surface area contributed by atoms with E-state index >= 15 is 0 Å². The number of amides is 1. The molecule has 7 nitrogen and oxygen atoms in total. The van der Waals surface area contributed by atoms with Crippen LogP contribution >= 0.6 is 11.6 Å². The summed E-state index contributed by atoms with van der Waals surface area (Å²) in [7, 11) is 0. The van der Waals surface area contributed by atoms with Gasteiger partial charge in [-0.1, -0.05) is 35.0 Å². The fraction of sp³-hybridized carbons (Fsp3) is 0.174. The molecule has 2 aromatic heterocycles. The van der Waals surface area contributed by atoms with Gasteiger partial charge in [0.2, 0.25) is 0 Å². The van der Waals surface area contributed by atoms with Crippen LogP contribution in [-0.2, 0) is 13.2 Å². The van der Waals surface area contributed by atoms with Gasteiger partial charge in [-0.3, -0.25) is 9.48 Å². The van der Waals surface area contributed by atoms with Crippen LogP contribution in [0, 0.1) is 25.5 Å². The number of nitrogens with zero attached hydrogens (tertiary/aromatic N) is 3. The predicted octanol–water partition coefficient (Wildman–Crippen LogP) is 5.30. The largest absolute Gasteiger partial charge is 0.486 e. The van der Waals surface area contributed by atoms with Crippen LogP contribution in [0.25, 0.3) is 0 Å². The molecule has 170 valence electrons. The van der Waals surface area contributed by atoms with E-state index in [0.717, 1.165) is 17.3 Å². The summed E-state index contributed by atoms with van der Waals surface area (Å²) in [5.74, 6) is -1.63. The highest BCUT2D eigenvalue weighted by Gasteiger charge is 2.22. The van der Waals surface area contributed by atoms with Crippen molar-refractivity contribution in [1.82, 2.24) is 14.9 Å². The molecule has 0 bridgehead atoms. The molecule has 1 amide bonds. The molecule has 0 aliphatic rings. The molecule has 0 saturated heterocycles. The maximum absolute atomic E-state index is 13.8. The fourth-order valence-corrected chi connectivity index (χ4v) is 3.37. The van der Waals surface area contributed by atoms with Crippen molar-refractivity contribution in [3.05, 3.63) is 93.5 Å². The molecule has 0 spiro atoms. The molecule has 4 rings (SSSR count). The van der Waals surface area contributed by atoms with E-state index in [2.05, 4.69) is 15.6 Å². The van der Waals surface area contributed by atoms with Gasteiger partial charge in [-0.2, -0.15) is 5.10 Å². The van der Waals surface area contributed by atoms with Gasteiger partial charge in [0, 0.05) is 22.8 Å². The SMILES string of the molecule is Cc1onc(C(=O)Nc2cc(C)n(Cc3ccccc3Cl)n2)c1COc1ccc(F)cc1F. The first-order chi connectivity index (χ1) is 15.8. The Bertz CT molecular complexity index is 1320. The number of rotatable bonds is 7. The van der Waals surface area contributed by atoms with Crippen molar-refractivity contribution < 1.29 is 22.8 Å². The van der Waals surface area contributed by atoms with E-state index in [-0.39, 0.29) is 18.1 Å². The van der Waals surface area contributed by atoms with Gasteiger partial charge >= 0.3 is 0 Å². The predicted molar refractivity (Wildman–Crippen MR) is 117 cm³/mol. The zero-order valence-corrected chi connectivity index (χ0v) is 18.5. The summed E-state index contributed by atoms with van der Waals surface area (Å²) >= 11 is 6.23. The van der Waals surface area contributed by atoms with Gasteiger partial charge < -0.3 is 14.6 Å². The third kappa shape index (κ3) is 5.04. The second-order valence-electron chi connectivity index (χ2n) is 7.30. The number of benzene rings is 2. The Balaban J connectivity index is 1.48. The number of anilines is 1. The van der Waals surface area contributed by atoms with Gasteiger partial charge in [-0.05, 0) is 37.6 Å². The normalized spacial score (nSPS) is 10.9. The fourth-order valence-electron chi connectivity index (χ4n) is 3.18. The Labute approximate surface area is 192 Å². The lowest BCUT2D eigenvalue weighted by Crippen LogP contribution is -2.16. The summed E-state index contributed by atoms with van der Waals surface area (Å²) in [5, 5.41) is 11.5. The average molecular weight is 473 g/mol. The number of carbonyl (C=O) groups excluding carboxylic acids is 1. The molecule has 0 aliphatic carbocycles. The van der Waals surface area contributed by atoms with E-state index in [0.29, 0.717) is 34.8 Å². The number of aryl methyl sites for hydroxylation is 2. The third-order valence-electron chi connectivity index (χ3n) is 4.97. The number of halogens is 3. The molecular formula is C23H19ClF2N4O3. The van der Waals surface area contributed by atoms with Crippen LogP contribution in [0.5, 0.6) is 5.75 Å². The summed E-state index contributed by atoms with van der Waals surface area (Å²) in [5.41, 5.74) is 2.02. The lowest BCUT2D eigenvalue weighted by molar-refractivity contribution is 0.101. The molecule has 2 aromatic carbocycles. The standard InChI is InChI=1S/C23H19ClF2N4O3/c1-13-9-21(28-30(13)11-15-5-3-4-6-18(15)24)27-23(31)22-17(14(2)33-29-22)12-32-20-8-7-16(25)10-19(20)26/h3-10H,11-12H2,1-2H3,(H,27,28,31). The van der Waals surface area contributed by atoms with E-state index in [1.165, 1.54) is 6.07 Å². The summed E-state index contributed by atoms with van der Waals surface area (Å²) in [6, 6.07) is 12.1. The van der Waals surface area contributed by atoms with E-state index < -0.39 is 17.5 Å². The Morgan fingerprint density at radius 2 is 1.97 bits per heavy atom. The van der Waals surface area contributed by atoms with Crippen molar-refractivity contribution in [2.75, 3.05) is 5.32 Å². The Morgan fingerprint density at radius 3 is 2.73 bits per heavy atom. The molecule has 0 unspecified atom stereocenters.